The maximum Gasteiger partial charge on any atom is 0.472 e. The van der Waals surface area contributed by atoms with Crippen LogP contribution in [0.5, 0.6) is 0 Å². The number of phosphoric ester groups is 2. The van der Waals surface area contributed by atoms with E-state index >= 15 is 0 Å². The lowest BCUT2D eigenvalue weighted by molar-refractivity contribution is -0.161. The van der Waals surface area contributed by atoms with Crippen LogP contribution in [0.3, 0.4) is 0 Å². The molecule has 0 amide bonds. The van der Waals surface area contributed by atoms with Crippen LogP contribution >= 0.6 is 15.6 Å². The predicted octanol–water partition coefficient (Wildman–Crippen LogP) is 20.0. The topological polar surface area (TPSA) is 237 Å². The molecule has 2 unspecified atom stereocenters. The molecule has 89 heavy (non-hydrogen) atoms. The van der Waals surface area contributed by atoms with Gasteiger partial charge in [0.25, 0.3) is 0 Å². The highest BCUT2D eigenvalue weighted by molar-refractivity contribution is 7.47. The minimum Gasteiger partial charge on any atom is -0.462 e. The molecule has 19 heteroatoms. The van der Waals surface area contributed by atoms with Gasteiger partial charge in [-0.25, -0.2) is 9.13 Å². The van der Waals surface area contributed by atoms with Gasteiger partial charge in [0.05, 0.1) is 26.4 Å². The van der Waals surface area contributed by atoms with E-state index in [2.05, 4.69) is 41.5 Å². The Morgan fingerprint density at radius 2 is 0.517 bits per heavy atom. The molecule has 0 bridgehead atoms. The van der Waals surface area contributed by atoms with Crippen molar-refractivity contribution in [1.29, 1.82) is 0 Å². The molecule has 0 aliphatic carbocycles. The Labute approximate surface area is 543 Å². The van der Waals surface area contributed by atoms with Crippen molar-refractivity contribution in [2.45, 2.75) is 374 Å². The predicted molar refractivity (Wildman–Crippen MR) is 358 cm³/mol. The molecule has 0 saturated carbocycles. The summed E-state index contributed by atoms with van der Waals surface area (Å²) in [5.74, 6) is -0.580. The maximum atomic E-state index is 13.0. The minimum atomic E-state index is -4.95. The highest BCUT2D eigenvalue weighted by Gasteiger charge is 2.30. The van der Waals surface area contributed by atoms with E-state index in [0.717, 1.165) is 108 Å². The smallest absolute Gasteiger partial charge is 0.462 e. The second kappa shape index (κ2) is 62.2. The van der Waals surface area contributed by atoms with Gasteiger partial charge in [0.1, 0.15) is 19.3 Å². The fourth-order valence-corrected chi connectivity index (χ4v) is 12.2. The molecule has 5 atom stereocenters. The number of aliphatic hydroxyl groups is 1. The first-order chi connectivity index (χ1) is 42.9. The molecule has 0 fully saturated rings. The Hall–Kier alpha value is -1.94. The van der Waals surface area contributed by atoms with E-state index in [1.807, 2.05) is 0 Å². The highest BCUT2D eigenvalue weighted by Crippen LogP contribution is 2.45. The monoisotopic (exact) mass is 1310 g/mol. The summed E-state index contributed by atoms with van der Waals surface area (Å²) in [6.45, 7) is 9.53. The van der Waals surface area contributed by atoms with Gasteiger partial charge in [-0.1, -0.05) is 305 Å². The molecule has 0 saturated heterocycles. The fraction of sp³-hybridized carbons (Fsp3) is 0.943. The molecule has 0 spiro atoms. The average Bonchev–Trinajstić information content (AvgIpc) is 3.53. The van der Waals surface area contributed by atoms with E-state index in [4.69, 9.17) is 37.0 Å². The number of carbonyl (C=O) groups excluding carboxylic acids is 4. The molecular weight excluding hydrogens is 1170 g/mol. The van der Waals surface area contributed by atoms with Gasteiger partial charge in [-0.3, -0.25) is 37.3 Å². The Morgan fingerprint density at radius 3 is 0.764 bits per heavy atom. The van der Waals surface area contributed by atoms with Crippen LogP contribution < -0.4 is 0 Å². The van der Waals surface area contributed by atoms with E-state index in [9.17, 15) is 43.2 Å². The number of phosphoric acid groups is 2. The van der Waals surface area contributed by atoms with Crippen molar-refractivity contribution in [3.63, 3.8) is 0 Å². The first-order valence-corrected chi connectivity index (χ1v) is 39.5. The number of carbonyl (C=O) groups is 4. The summed E-state index contributed by atoms with van der Waals surface area (Å²) in [6, 6.07) is 0. The Bertz CT molecular complexity index is 1730. The summed E-state index contributed by atoms with van der Waals surface area (Å²) in [5.41, 5.74) is 0. The summed E-state index contributed by atoms with van der Waals surface area (Å²) >= 11 is 0. The summed E-state index contributed by atoms with van der Waals surface area (Å²) in [6.07, 6.45) is 47.2. The van der Waals surface area contributed by atoms with E-state index in [0.29, 0.717) is 25.7 Å². The molecule has 0 aliphatic heterocycles. The van der Waals surface area contributed by atoms with Crippen LogP contribution in [0.1, 0.15) is 356 Å². The first-order valence-electron chi connectivity index (χ1n) is 36.5. The number of ether oxygens (including phenoxy) is 4. The van der Waals surface area contributed by atoms with Gasteiger partial charge in [0.2, 0.25) is 0 Å². The summed E-state index contributed by atoms with van der Waals surface area (Å²) in [4.78, 5) is 72.4. The second-order valence-electron chi connectivity index (χ2n) is 26.2. The largest absolute Gasteiger partial charge is 0.472 e. The van der Waals surface area contributed by atoms with Gasteiger partial charge in [-0.15, -0.1) is 0 Å². The van der Waals surface area contributed by atoms with Gasteiger partial charge in [-0.2, -0.15) is 0 Å². The van der Waals surface area contributed by atoms with Gasteiger partial charge in [-0.05, 0) is 37.5 Å². The Morgan fingerprint density at radius 1 is 0.303 bits per heavy atom. The lowest BCUT2D eigenvalue weighted by Gasteiger charge is -2.21. The van der Waals surface area contributed by atoms with Crippen LogP contribution in [0, 0.1) is 11.8 Å². The average molecular weight is 1310 g/mol. The quantitative estimate of drug-likeness (QED) is 0.0222. The van der Waals surface area contributed by atoms with E-state index in [1.165, 1.54) is 167 Å². The zero-order chi connectivity index (χ0) is 65.7. The molecule has 528 valence electrons. The van der Waals surface area contributed by atoms with Gasteiger partial charge in [0, 0.05) is 25.7 Å². The van der Waals surface area contributed by atoms with E-state index in [1.54, 1.807) is 0 Å². The van der Waals surface area contributed by atoms with Gasteiger partial charge >= 0.3 is 39.5 Å². The van der Waals surface area contributed by atoms with Gasteiger partial charge in [0.15, 0.2) is 12.2 Å². The number of aliphatic hydroxyl groups excluding tert-OH is 1. The van der Waals surface area contributed by atoms with Crippen LogP contribution in [-0.4, -0.2) is 96.7 Å². The number of rotatable bonds is 69. The Kier molecular flexibility index (Phi) is 60.8. The third kappa shape index (κ3) is 64.6. The molecule has 0 heterocycles. The summed E-state index contributed by atoms with van der Waals surface area (Å²) in [5, 5.41) is 10.6. The molecule has 3 N–H and O–H groups in total. The lowest BCUT2D eigenvalue weighted by Crippen LogP contribution is -2.30. The van der Waals surface area contributed by atoms with E-state index < -0.39 is 97.5 Å². The van der Waals surface area contributed by atoms with Crippen molar-refractivity contribution >= 4 is 39.5 Å². The SMILES string of the molecule is CCCCCCCCCCCCCC(=O)O[C@H](COC(=O)CCCCCCCCCC)COP(=O)(O)OC[C@H](O)COP(=O)(O)OC[C@@H](COC(=O)CCCCCCCCCCCC(C)C)OC(=O)CCCCCCCCCCCCCCCCCC(C)C. The zero-order valence-electron chi connectivity index (χ0n) is 57.7. The molecule has 0 aromatic rings. The molecule has 0 aromatic carbocycles. The van der Waals surface area contributed by atoms with Crippen LogP contribution in [0.25, 0.3) is 0 Å². The maximum absolute atomic E-state index is 13.0. The van der Waals surface area contributed by atoms with Crippen molar-refractivity contribution < 1.29 is 80.2 Å². The molecular formula is C70H136O17P2. The standard InChI is InChI=1S/C70H136O17P2/c1-7-9-11-13-15-17-23-29-36-42-48-54-69(74)86-65(58-80-67(72)52-46-40-34-16-14-12-10-8-2)60-84-88(76,77)82-56-64(71)57-83-89(78,79)85-61-66(59-81-68(73)53-47-41-35-31-26-28-33-39-45-51-63(5)6)87-70(75)55-49-43-37-30-25-22-20-18-19-21-24-27-32-38-44-50-62(3)4/h62-66,71H,7-61H2,1-6H3,(H,76,77)(H,78,79)/t64-,65+,66+/m0/s1. The third-order valence-electron chi connectivity index (χ3n) is 16.2. The van der Waals surface area contributed by atoms with Crippen molar-refractivity contribution in [1.82, 2.24) is 0 Å². The minimum absolute atomic E-state index is 0.107. The van der Waals surface area contributed by atoms with E-state index in [-0.39, 0.29) is 25.7 Å². The third-order valence-corrected chi connectivity index (χ3v) is 18.1. The molecule has 17 nitrogen and oxygen atoms in total. The van der Waals surface area contributed by atoms with Crippen molar-refractivity contribution in [2.75, 3.05) is 39.6 Å². The normalized spacial score (nSPS) is 14.1. The Balaban J connectivity index is 5.20. The van der Waals surface area contributed by atoms with Crippen LogP contribution in [-0.2, 0) is 65.4 Å². The molecule has 0 aromatic heterocycles. The summed E-state index contributed by atoms with van der Waals surface area (Å²) in [7, 11) is -9.89. The number of unbranched alkanes of at least 4 members (excludes halogenated alkanes) is 39. The number of hydrogen-bond acceptors (Lipinski definition) is 15. The molecule has 0 rings (SSSR count). The summed E-state index contributed by atoms with van der Waals surface area (Å²) < 4.78 is 68.2. The zero-order valence-corrected chi connectivity index (χ0v) is 59.5. The van der Waals surface area contributed by atoms with Crippen LogP contribution in [0.4, 0.5) is 0 Å². The van der Waals surface area contributed by atoms with Gasteiger partial charge < -0.3 is 33.8 Å². The fourth-order valence-electron chi connectivity index (χ4n) is 10.6. The molecule has 0 radical (unpaired) electrons. The number of hydrogen-bond donors (Lipinski definition) is 3. The molecule has 0 aliphatic rings. The first kappa shape index (κ1) is 87.1. The van der Waals surface area contributed by atoms with Crippen LogP contribution in [0.15, 0.2) is 0 Å². The lowest BCUT2D eigenvalue weighted by atomic mass is 10.0. The second-order valence-corrected chi connectivity index (χ2v) is 29.1. The van der Waals surface area contributed by atoms with Crippen molar-refractivity contribution in [2.24, 2.45) is 11.8 Å². The van der Waals surface area contributed by atoms with Crippen molar-refractivity contribution in [3.8, 4) is 0 Å². The van der Waals surface area contributed by atoms with Crippen LogP contribution in [0.2, 0.25) is 0 Å². The highest BCUT2D eigenvalue weighted by atomic mass is 31.2. The van der Waals surface area contributed by atoms with Crippen molar-refractivity contribution in [3.05, 3.63) is 0 Å². The number of esters is 4.